The van der Waals surface area contributed by atoms with Gasteiger partial charge in [-0.3, -0.25) is 4.79 Å². The molecular weight excluding hydrogens is 144 g/mol. The molecule has 0 aromatic rings. The van der Waals surface area contributed by atoms with Crippen LogP contribution in [0.25, 0.3) is 0 Å². The number of carbonyl (C=O) groups is 1. The van der Waals surface area contributed by atoms with Gasteiger partial charge in [-0.05, 0) is 6.42 Å². The summed E-state index contributed by atoms with van der Waals surface area (Å²) in [5.41, 5.74) is 5.46. The highest BCUT2D eigenvalue weighted by atomic mass is 16.3. The molecule has 1 fully saturated rings. The maximum Gasteiger partial charge on any atom is 0.224 e. The average Bonchev–Trinajstić information content (AvgIpc) is 2.01. The minimum atomic E-state index is -0.177. The van der Waals surface area contributed by atoms with Crippen molar-refractivity contribution in [1.29, 1.82) is 0 Å². The topological polar surface area (TPSA) is 66.6 Å². The van der Waals surface area contributed by atoms with Crippen LogP contribution < -0.4 is 5.73 Å². The molecule has 1 aliphatic rings. The van der Waals surface area contributed by atoms with Gasteiger partial charge in [0.15, 0.2) is 0 Å². The second-order valence-corrected chi connectivity index (χ2v) is 2.86. The molecule has 4 nitrogen and oxygen atoms in total. The van der Waals surface area contributed by atoms with Crippen LogP contribution in [0.4, 0.5) is 0 Å². The summed E-state index contributed by atoms with van der Waals surface area (Å²) in [5.74, 6) is 0.204. The Labute approximate surface area is 66.0 Å². The van der Waals surface area contributed by atoms with Crippen molar-refractivity contribution in [3.63, 3.8) is 0 Å². The third-order valence-corrected chi connectivity index (χ3v) is 1.95. The Balaban J connectivity index is 2.07. The van der Waals surface area contributed by atoms with E-state index >= 15 is 0 Å². The highest BCUT2D eigenvalue weighted by Gasteiger charge is 2.23. The summed E-state index contributed by atoms with van der Waals surface area (Å²) in [5, 5.41) is 8.58. The van der Waals surface area contributed by atoms with E-state index in [0.717, 1.165) is 6.54 Å². The minimum Gasteiger partial charge on any atom is -0.395 e. The molecule has 1 amide bonds. The molecule has 3 N–H and O–H groups in total. The standard InChI is InChI=1S/C7H14N2O2/c8-6(5-10)1-3-9-4-2-7(9)11/h6,10H,1-5,8H2. The lowest BCUT2D eigenvalue weighted by Gasteiger charge is -2.31. The lowest BCUT2D eigenvalue weighted by Crippen LogP contribution is -2.45. The first-order chi connectivity index (χ1) is 5.24. The van der Waals surface area contributed by atoms with Crippen LogP contribution >= 0.6 is 0 Å². The first kappa shape index (κ1) is 8.49. The van der Waals surface area contributed by atoms with Crippen LogP contribution in [0.1, 0.15) is 12.8 Å². The molecule has 1 saturated heterocycles. The van der Waals surface area contributed by atoms with Crippen LogP contribution in [0.5, 0.6) is 0 Å². The lowest BCUT2D eigenvalue weighted by molar-refractivity contribution is -0.139. The Morgan fingerprint density at radius 3 is 2.82 bits per heavy atom. The molecule has 0 aliphatic carbocycles. The Morgan fingerprint density at radius 1 is 1.73 bits per heavy atom. The molecule has 1 rings (SSSR count). The number of hydrogen-bond donors (Lipinski definition) is 2. The molecule has 0 spiro atoms. The van der Waals surface area contributed by atoms with Gasteiger partial charge in [0.05, 0.1) is 6.61 Å². The van der Waals surface area contributed by atoms with E-state index < -0.39 is 0 Å². The van der Waals surface area contributed by atoms with Gasteiger partial charge < -0.3 is 15.7 Å². The van der Waals surface area contributed by atoms with E-state index in [2.05, 4.69) is 0 Å². The molecule has 0 aromatic heterocycles. The highest BCUT2D eigenvalue weighted by molar-refractivity contribution is 5.81. The van der Waals surface area contributed by atoms with Crippen molar-refractivity contribution in [3.8, 4) is 0 Å². The van der Waals surface area contributed by atoms with E-state index in [9.17, 15) is 4.79 Å². The zero-order chi connectivity index (χ0) is 8.27. The Hall–Kier alpha value is -0.610. The van der Waals surface area contributed by atoms with Gasteiger partial charge in [0.2, 0.25) is 5.91 Å². The lowest BCUT2D eigenvalue weighted by atomic mass is 10.1. The quantitative estimate of drug-likeness (QED) is 0.512. The van der Waals surface area contributed by atoms with E-state index in [0.29, 0.717) is 19.4 Å². The largest absolute Gasteiger partial charge is 0.395 e. The van der Waals surface area contributed by atoms with Crippen LogP contribution in [0.15, 0.2) is 0 Å². The average molecular weight is 158 g/mol. The molecular formula is C7H14N2O2. The first-order valence-corrected chi connectivity index (χ1v) is 3.88. The maximum absolute atomic E-state index is 10.8. The number of nitrogens with zero attached hydrogens (tertiary/aromatic N) is 1. The number of amides is 1. The van der Waals surface area contributed by atoms with Crippen molar-refractivity contribution < 1.29 is 9.90 Å². The van der Waals surface area contributed by atoms with Gasteiger partial charge >= 0.3 is 0 Å². The molecule has 0 aromatic carbocycles. The zero-order valence-corrected chi connectivity index (χ0v) is 6.49. The fourth-order valence-corrected chi connectivity index (χ4v) is 1.01. The second kappa shape index (κ2) is 3.69. The Morgan fingerprint density at radius 2 is 2.45 bits per heavy atom. The van der Waals surface area contributed by atoms with E-state index in [1.54, 1.807) is 4.90 Å². The SMILES string of the molecule is NC(CO)CCN1CCC1=O. The molecule has 11 heavy (non-hydrogen) atoms. The smallest absolute Gasteiger partial charge is 0.224 e. The number of β-lactam (4-membered cyclic amide) rings is 1. The molecule has 0 bridgehead atoms. The van der Waals surface area contributed by atoms with Crippen LogP contribution in [-0.4, -0.2) is 41.7 Å². The summed E-state index contributed by atoms with van der Waals surface area (Å²) in [6.07, 6.45) is 1.37. The number of hydrogen-bond acceptors (Lipinski definition) is 3. The molecule has 4 heteroatoms. The van der Waals surface area contributed by atoms with E-state index in [1.807, 2.05) is 0 Å². The summed E-state index contributed by atoms with van der Waals surface area (Å²) in [7, 11) is 0. The van der Waals surface area contributed by atoms with Crippen molar-refractivity contribution >= 4 is 5.91 Å². The number of carbonyl (C=O) groups excluding carboxylic acids is 1. The predicted molar refractivity (Wildman–Crippen MR) is 40.9 cm³/mol. The third-order valence-electron chi connectivity index (χ3n) is 1.95. The summed E-state index contributed by atoms with van der Waals surface area (Å²) in [6, 6.07) is -0.177. The van der Waals surface area contributed by atoms with Crippen molar-refractivity contribution in [1.82, 2.24) is 4.90 Å². The van der Waals surface area contributed by atoms with Gasteiger partial charge in [0, 0.05) is 25.6 Å². The van der Waals surface area contributed by atoms with Gasteiger partial charge in [-0.25, -0.2) is 0 Å². The first-order valence-electron chi connectivity index (χ1n) is 3.88. The van der Waals surface area contributed by atoms with Gasteiger partial charge in [-0.15, -0.1) is 0 Å². The summed E-state index contributed by atoms with van der Waals surface area (Å²) >= 11 is 0. The minimum absolute atomic E-state index is 0.00201. The summed E-state index contributed by atoms with van der Waals surface area (Å²) in [6.45, 7) is 1.56. The van der Waals surface area contributed by atoms with Crippen molar-refractivity contribution in [3.05, 3.63) is 0 Å². The molecule has 1 aliphatic heterocycles. The fraction of sp³-hybridized carbons (Fsp3) is 0.857. The third kappa shape index (κ3) is 2.17. The number of nitrogens with two attached hydrogens (primary N) is 1. The number of likely N-dealkylation sites (tertiary alicyclic amines) is 1. The van der Waals surface area contributed by atoms with Gasteiger partial charge in [0.1, 0.15) is 0 Å². The normalized spacial score (nSPS) is 19.8. The monoisotopic (exact) mass is 158 g/mol. The van der Waals surface area contributed by atoms with Crippen LogP contribution in [-0.2, 0) is 4.79 Å². The molecule has 0 saturated carbocycles. The van der Waals surface area contributed by atoms with Gasteiger partial charge in [-0.2, -0.15) is 0 Å². The Kier molecular flexibility index (Phi) is 2.84. The summed E-state index contributed by atoms with van der Waals surface area (Å²) in [4.78, 5) is 12.5. The van der Waals surface area contributed by atoms with E-state index in [-0.39, 0.29) is 18.6 Å². The zero-order valence-electron chi connectivity index (χ0n) is 6.49. The molecule has 64 valence electrons. The Bertz CT molecular complexity index is 149. The summed E-state index contributed by atoms with van der Waals surface area (Å²) < 4.78 is 0. The number of aliphatic hydroxyl groups excluding tert-OH is 1. The van der Waals surface area contributed by atoms with Crippen LogP contribution in [0.2, 0.25) is 0 Å². The maximum atomic E-state index is 10.8. The van der Waals surface area contributed by atoms with Gasteiger partial charge in [0.25, 0.3) is 0 Å². The van der Waals surface area contributed by atoms with Crippen molar-refractivity contribution in [2.75, 3.05) is 19.7 Å². The fourth-order valence-electron chi connectivity index (χ4n) is 1.01. The predicted octanol–water partition coefficient (Wildman–Crippen LogP) is -1.07. The number of aliphatic hydroxyl groups is 1. The van der Waals surface area contributed by atoms with Crippen molar-refractivity contribution in [2.24, 2.45) is 5.73 Å². The number of rotatable bonds is 4. The highest BCUT2D eigenvalue weighted by Crippen LogP contribution is 2.08. The molecule has 1 unspecified atom stereocenters. The molecule has 0 radical (unpaired) electrons. The van der Waals surface area contributed by atoms with E-state index in [1.165, 1.54) is 0 Å². The van der Waals surface area contributed by atoms with Gasteiger partial charge in [-0.1, -0.05) is 0 Å². The molecule has 1 heterocycles. The second-order valence-electron chi connectivity index (χ2n) is 2.86. The molecule has 1 atom stereocenters. The van der Waals surface area contributed by atoms with E-state index in [4.69, 9.17) is 10.8 Å². The van der Waals surface area contributed by atoms with Crippen molar-refractivity contribution in [2.45, 2.75) is 18.9 Å². The van der Waals surface area contributed by atoms with Crippen LogP contribution in [0, 0.1) is 0 Å². The van der Waals surface area contributed by atoms with Crippen LogP contribution in [0.3, 0.4) is 0 Å².